The molecule has 2 rings (SSSR count). The van der Waals surface area contributed by atoms with Crippen molar-refractivity contribution in [2.24, 2.45) is 4.99 Å². The van der Waals surface area contributed by atoms with Crippen LogP contribution in [0.15, 0.2) is 47.5 Å². The number of hydrogen-bond donors (Lipinski definition) is 0. The van der Waals surface area contributed by atoms with Crippen LogP contribution < -0.4 is 0 Å². The van der Waals surface area contributed by atoms with E-state index in [1.165, 1.54) is 0 Å². The van der Waals surface area contributed by atoms with Crippen LogP contribution in [0.25, 0.3) is 0 Å². The molecular formula is C13H13NO. The highest BCUT2D eigenvalue weighted by Gasteiger charge is 2.36. The van der Waals surface area contributed by atoms with Crippen molar-refractivity contribution in [2.75, 3.05) is 0 Å². The molecule has 2 heteroatoms. The van der Waals surface area contributed by atoms with Gasteiger partial charge >= 0.3 is 0 Å². The average Bonchev–Trinajstić information content (AvgIpc) is 2.79. The van der Waals surface area contributed by atoms with Gasteiger partial charge in [0, 0.05) is 12.6 Å². The van der Waals surface area contributed by atoms with E-state index in [2.05, 4.69) is 4.99 Å². The molecule has 0 bridgehead atoms. The van der Waals surface area contributed by atoms with Gasteiger partial charge in [-0.15, -0.1) is 0 Å². The summed E-state index contributed by atoms with van der Waals surface area (Å²) < 4.78 is 0. The summed E-state index contributed by atoms with van der Waals surface area (Å²) in [5, 5.41) is 0. The maximum Gasteiger partial charge on any atom is 0.168 e. The van der Waals surface area contributed by atoms with Gasteiger partial charge in [0.15, 0.2) is 11.3 Å². The molecule has 1 heterocycles. The Hall–Kier alpha value is -1.70. The molecule has 1 aliphatic heterocycles. The second-order valence-corrected chi connectivity index (χ2v) is 3.55. The first-order valence-corrected chi connectivity index (χ1v) is 5.11. The number of Topliss-reactive ketones (excluding diaryl/α,β-unsaturated/α-hetero) is 1. The SMILES string of the molecule is CCC(=O)C1(c2ccccc2)C=CC=N1. The number of benzene rings is 1. The minimum absolute atomic E-state index is 0.138. The Morgan fingerprint density at radius 2 is 2.07 bits per heavy atom. The summed E-state index contributed by atoms with van der Waals surface area (Å²) in [7, 11) is 0. The molecule has 0 saturated heterocycles. The third-order valence-corrected chi connectivity index (χ3v) is 2.66. The van der Waals surface area contributed by atoms with Gasteiger partial charge in [-0.25, -0.2) is 0 Å². The van der Waals surface area contributed by atoms with Crippen molar-refractivity contribution in [2.45, 2.75) is 18.9 Å². The summed E-state index contributed by atoms with van der Waals surface area (Å²) in [5.74, 6) is 0.138. The molecule has 0 aromatic heterocycles. The van der Waals surface area contributed by atoms with Crippen LogP contribution in [0.5, 0.6) is 0 Å². The van der Waals surface area contributed by atoms with E-state index in [0.29, 0.717) is 6.42 Å². The molecule has 0 radical (unpaired) electrons. The van der Waals surface area contributed by atoms with E-state index >= 15 is 0 Å². The number of rotatable bonds is 3. The zero-order valence-electron chi connectivity index (χ0n) is 8.68. The van der Waals surface area contributed by atoms with Crippen molar-refractivity contribution in [1.29, 1.82) is 0 Å². The first kappa shape index (κ1) is 9.84. The number of ketones is 1. The molecule has 1 atom stereocenters. The van der Waals surface area contributed by atoms with E-state index in [-0.39, 0.29) is 5.78 Å². The lowest BCUT2D eigenvalue weighted by molar-refractivity contribution is -0.122. The van der Waals surface area contributed by atoms with Gasteiger partial charge in [-0.1, -0.05) is 37.3 Å². The zero-order valence-corrected chi connectivity index (χ0v) is 8.68. The van der Waals surface area contributed by atoms with Crippen LogP contribution in [0.3, 0.4) is 0 Å². The van der Waals surface area contributed by atoms with E-state index in [1.807, 2.05) is 49.4 Å². The van der Waals surface area contributed by atoms with E-state index < -0.39 is 5.54 Å². The second kappa shape index (κ2) is 3.81. The monoisotopic (exact) mass is 199 g/mol. The number of carbonyl (C=O) groups is 1. The van der Waals surface area contributed by atoms with Crippen molar-refractivity contribution in [3.05, 3.63) is 48.0 Å². The van der Waals surface area contributed by atoms with E-state index in [0.717, 1.165) is 5.56 Å². The molecule has 1 aliphatic rings. The summed E-state index contributed by atoms with van der Waals surface area (Å²) in [5.41, 5.74) is 0.192. The summed E-state index contributed by atoms with van der Waals surface area (Å²) in [6, 6.07) is 9.69. The maximum absolute atomic E-state index is 12.0. The van der Waals surface area contributed by atoms with Crippen molar-refractivity contribution in [3.8, 4) is 0 Å². The molecule has 0 spiro atoms. The molecule has 1 aromatic carbocycles. The summed E-state index contributed by atoms with van der Waals surface area (Å²) >= 11 is 0. The van der Waals surface area contributed by atoms with Gasteiger partial charge in [-0.3, -0.25) is 9.79 Å². The molecule has 76 valence electrons. The fourth-order valence-corrected chi connectivity index (χ4v) is 1.84. The zero-order chi connectivity index (χ0) is 10.7. The first-order chi connectivity index (χ1) is 7.29. The predicted molar refractivity (Wildman–Crippen MR) is 61.1 cm³/mol. The normalized spacial score (nSPS) is 23.3. The highest BCUT2D eigenvalue weighted by atomic mass is 16.1. The minimum Gasteiger partial charge on any atom is -0.296 e. The molecule has 1 aromatic rings. The Morgan fingerprint density at radius 3 is 2.60 bits per heavy atom. The molecule has 15 heavy (non-hydrogen) atoms. The van der Waals surface area contributed by atoms with Gasteiger partial charge in [0.25, 0.3) is 0 Å². The van der Waals surface area contributed by atoms with E-state index in [4.69, 9.17) is 0 Å². The van der Waals surface area contributed by atoms with Crippen LogP contribution in [-0.2, 0) is 10.3 Å². The Bertz CT molecular complexity index is 405. The smallest absolute Gasteiger partial charge is 0.168 e. The topological polar surface area (TPSA) is 29.4 Å². The largest absolute Gasteiger partial charge is 0.296 e. The molecule has 0 N–H and O–H groups in total. The number of nitrogens with zero attached hydrogens (tertiary/aromatic N) is 1. The van der Waals surface area contributed by atoms with Gasteiger partial charge in [0.05, 0.1) is 0 Å². The summed E-state index contributed by atoms with van der Waals surface area (Å²) in [6.45, 7) is 1.87. The van der Waals surface area contributed by atoms with Gasteiger partial charge in [-0.05, 0) is 17.7 Å². The summed E-state index contributed by atoms with van der Waals surface area (Å²) in [6.07, 6.45) is 5.89. The Kier molecular flexibility index (Phi) is 2.50. The standard InChI is InChI=1S/C13H13NO/c1-2-12(15)13(9-6-10-14-13)11-7-4-3-5-8-11/h3-10H,2H2,1H3. The van der Waals surface area contributed by atoms with Gasteiger partial charge < -0.3 is 0 Å². The maximum atomic E-state index is 12.0. The lowest BCUT2D eigenvalue weighted by Gasteiger charge is -2.22. The predicted octanol–water partition coefficient (Wildman–Crippen LogP) is 2.50. The number of hydrogen-bond acceptors (Lipinski definition) is 2. The molecule has 0 fully saturated rings. The van der Waals surface area contributed by atoms with Crippen molar-refractivity contribution >= 4 is 12.0 Å². The lowest BCUT2D eigenvalue weighted by atomic mass is 9.86. The van der Waals surface area contributed by atoms with Crippen molar-refractivity contribution in [3.63, 3.8) is 0 Å². The van der Waals surface area contributed by atoms with Gasteiger partial charge in [-0.2, -0.15) is 0 Å². The average molecular weight is 199 g/mol. The van der Waals surface area contributed by atoms with Gasteiger partial charge in [0.1, 0.15) is 0 Å². The van der Waals surface area contributed by atoms with Crippen LogP contribution in [0.4, 0.5) is 0 Å². The molecule has 0 saturated carbocycles. The Morgan fingerprint density at radius 1 is 1.33 bits per heavy atom. The van der Waals surface area contributed by atoms with Crippen LogP contribution in [-0.4, -0.2) is 12.0 Å². The number of carbonyl (C=O) groups excluding carboxylic acids is 1. The summed E-state index contributed by atoms with van der Waals surface area (Å²) in [4.78, 5) is 16.3. The lowest BCUT2D eigenvalue weighted by Crippen LogP contribution is -2.29. The number of aliphatic imine (C=N–C) groups is 1. The minimum atomic E-state index is -0.754. The number of allylic oxidation sites excluding steroid dienone is 1. The molecule has 1 unspecified atom stereocenters. The third kappa shape index (κ3) is 1.52. The van der Waals surface area contributed by atoms with Crippen LogP contribution >= 0.6 is 0 Å². The van der Waals surface area contributed by atoms with Crippen LogP contribution in [0.1, 0.15) is 18.9 Å². The highest BCUT2D eigenvalue weighted by Crippen LogP contribution is 2.32. The fraction of sp³-hybridized carbons (Fsp3) is 0.231. The second-order valence-electron chi connectivity index (χ2n) is 3.55. The Balaban J connectivity index is 2.50. The fourth-order valence-electron chi connectivity index (χ4n) is 1.84. The van der Waals surface area contributed by atoms with Crippen LogP contribution in [0.2, 0.25) is 0 Å². The van der Waals surface area contributed by atoms with Crippen LogP contribution in [0, 0.1) is 0 Å². The molecule has 0 amide bonds. The first-order valence-electron chi connectivity index (χ1n) is 5.11. The van der Waals surface area contributed by atoms with E-state index in [1.54, 1.807) is 6.21 Å². The third-order valence-electron chi connectivity index (χ3n) is 2.66. The molecule has 0 aliphatic carbocycles. The van der Waals surface area contributed by atoms with Gasteiger partial charge in [0.2, 0.25) is 0 Å². The molecular weight excluding hydrogens is 186 g/mol. The van der Waals surface area contributed by atoms with Crippen molar-refractivity contribution < 1.29 is 4.79 Å². The van der Waals surface area contributed by atoms with Crippen molar-refractivity contribution in [1.82, 2.24) is 0 Å². The molecule has 2 nitrogen and oxygen atoms in total. The highest BCUT2D eigenvalue weighted by molar-refractivity contribution is 5.96. The quantitative estimate of drug-likeness (QED) is 0.735. The van der Waals surface area contributed by atoms with E-state index in [9.17, 15) is 4.79 Å². The Labute approximate surface area is 89.3 Å².